The van der Waals surface area contributed by atoms with Crippen LogP contribution in [-0.2, 0) is 0 Å². The van der Waals surface area contributed by atoms with Crippen LogP contribution in [-0.4, -0.2) is 66.1 Å². The average Bonchev–Trinajstić information content (AvgIpc) is 2.37. The lowest BCUT2D eigenvalue weighted by Gasteiger charge is -2.32. The van der Waals surface area contributed by atoms with Crippen LogP contribution in [0, 0.1) is 0 Å². The van der Waals surface area contributed by atoms with E-state index in [1.54, 1.807) is 0 Å². The quantitative estimate of drug-likeness (QED) is 0.847. The molecule has 0 aliphatic carbocycles. The van der Waals surface area contributed by atoms with Gasteiger partial charge in [-0.05, 0) is 23.0 Å². The summed E-state index contributed by atoms with van der Waals surface area (Å²) < 4.78 is 0.727. The summed E-state index contributed by atoms with van der Waals surface area (Å²) in [6.45, 7) is 6.41. The predicted molar refractivity (Wildman–Crippen MR) is 77.2 cm³/mol. The van der Waals surface area contributed by atoms with Crippen LogP contribution in [0.3, 0.4) is 0 Å². The molecule has 1 saturated heterocycles. The summed E-state index contributed by atoms with van der Waals surface area (Å²) in [5.41, 5.74) is 0. The number of likely N-dealkylation sites (N-methyl/N-ethyl adjacent to an activating group) is 1. The fraction of sp³-hybridized carbons (Fsp3) is 0.636. The van der Waals surface area contributed by atoms with Crippen LogP contribution in [0.5, 0.6) is 0 Å². The molecule has 1 N–H and O–H groups in total. The van der Waals surface area contributed by atoms with Gasteiger partial charge >= 0.3 is 0 Å². The van der Waals surface area contributed by atoms with E-state index in [-0.39, 0.29) is 0 Å². The Bertz CT molecular complexity index is 395. The molecule has 7 heteroatoms. The number of halogens is 2. The van der Waals surface area contributed by atoms with Crippen molar-refractivity contribution < 1.29 is 0 Å². The molecular formula is C11H17BrClN5. The van der Waals surface area contributed by atoms with Crippen LogP contribution in [0.4, 0.5) is 5.82 Å². The van der Waals surface area contributed by atoms with Gasteiger partial charge in [-0.3, -0.25) is 4.90 Å². The summed E-state index contributed by atoms with van der Waals surface area (Å²) >= 11 is 9.28. The van der Waals surface area contributed by atoms with Gasteiger partial charge in [-0.1, -0.05) is 11.6 Å². The zero-order valence-corrected chi connectivity index (χ0v) is 12.7. The Morgan fingerprint density at radius 1 is 1.33 bits per heavy atom. The van der Waals surface area contributed by atoms with Gasteiger partial charge < -0.3 is 10.2 Å². The van der Waals surface area contributed by atoms with Crippen molar-refractivity contribution in [2.75, 3.05) is 51.6 Å². The van der Waals surface area contributed by atoms with E-state index in [9.17, 15) is 0 Å². The first-order chi connectivity index (χ1) is 8.66. The molecule has 5 nitrogen and oxygen atoms in total. The van der Waals surface area contributed by atoms with Gasteiger partial charge in [0, 0.05) is 39.3 Å². The smallest absolute Gasteiger partial charge is 0.148 e. The summed E-state index contributed by atoms with van der Waals surface area (Å²) in [5, 5.41) is 3.71. The van der Waals surface area contributed by atoms with Crippen molar-refractivity contribution in [1.82, 2.24) is 19.8 Å². The molecule has 0 amide bonds. The third-order valence-corrected chi connectivity index (χ3v) is 4.33. The molecule has 0 aromatic carbocycles. The number of hydrogen-bond donors (Lipinski definition) is 1. The Balaban J connectivity index is 1.77. The van der Waals surface area contributed by atoms with Gasteiger partial charge in [-0.2, -0.15) is 0 Å². The zero-order chi connectivity index (χ0) is 13.0. The van der Waals surface area contributed by atoms with Crippen LogP contribution in [0.1, 0.15) is 0 Å². The number of nitrogens with one attached hydrogen (secondary N) is 1. The molecule has 0 atom stereocenters. The number of aromatic nitrogens is 2. The van der Waals surface area contributed by atoms with Crippen molar-refractivity contribution in [3.63, 3.8) is 0 Å². The molecule has 2 heterocycles. The van der Waals surface area contributed by atoms with Gasteiger partial charge in [0.25, 0.3) is 0 Å². The minimum Gasteiger partial charge on any atom is -0.368 e. The summed E-state index contributed by atoms with van der Waals surface area (Å²) in [4.78, 5) is 12.9. The van der Waals surface area contributed by atoms with Crippen molar-refractivity contribution in [2.45, 2.75) is 0 Å². The van der Waals surface area contributed by atoms with Crippen LogP contribution in [0.15, 0.2) is 10.8 Å². The highest BCUT2D eigenvalue weighted by atomic mass is 79.9. The highest BCUT2D eigenvalue weighted by Crippen LogP contribution is 2.25. The molecule has 0 spiro atoms. The fourth-order valence-electron chi connectivity index (χ4n) is 1.88. The Hall–Kier alpha value is -0.430. The fourth-order valence-corrected chi connectivity index (χ4v) is 2.35. The van der Waals surface area contributed by atoms with E-state index in [0.29, 0.717) is 5.15 Å². The molecule has 0 unspecified atom stereocenters. The first-order valence-electron chi connectivity index (χ1n) is 5.97. The summed E-state index contributed by atoms with van der Waals surface area (Å²) in [7, 11) is 2.16. The number of anilines is 1. The van der Waals surface area contributed by atoms with Crippen molar-refractivity contribution in [1.29, 1.82) is 0 Å². The van der Waals surface area contributed by atoms with Gasteiger partial charge in [-0.25, -0.2) is 9.97 Å². The van der Waals surface area contributed by atoms with E-state index in [0.717, 1.165) is 49.6 Å². The molecule has 0 radical (unpaired) electrons. The SMILES string of the molecule is CN1CCN(CCNc2ncnc(Cl)c2Br)CC1. The third-order valence-electron chi connectivity index (χ3n) is 3.06. The molecule has 0 bridgehead atoms. The molecular weight excluding hydrogens is 318 g/mol. The Morgan fingerprint density at radius 2 is 2.06 bits per heavy atom. The second-order valence-electron chi connectivity index (χ2n) is 4.40. The highest BCUT2D eigenvalue weighted by molar-refractivity contribution is 9.10. The Kier molecular flexibility index (Phi) is 5.17. The summed E-state index contributed by atoms with van der Waals surface area (Å²) in [6.07, 6.45) is 1.46. The van der Waals surface area contributed by atoms with E-state index in [1.807, 2.05) is 0 Å². The van der Waals surface area contributed by atoms with Crippen molar-refractivity contribution in [3.8, 4) is 0 Å². The van der Waals surface area contributed by atoms with Gasteiger partial charge in [0.1, 0.15) is 17.3 Å². The highest BCUT2D eigenvalue weighted by Gasteiger charge is 2.13. The van der Waals surface area contributed by atoms with E-state index in [1.165, 1.54) is 6.33 Å². The van der Waals surface area contributed by atoms with Gasteiger partial charge in [0.2, 0.25) is 0 Å². The number of hydrogen-bond acceptors (Lipinski definition) is 5. The predicted octanol–water partition coefficient (Wildman–Crippen LogP) is 1.55. The molecule has 2 rings (SSSR count). The Labute approximate surface area is 121 Å². The first kappa shape index (κ1) is 14.0. The van der Waals surface area contributed by atoms with Gasteiger partial charge in [0.05, 0.1) is 4.47 Å². The zero-order valence-electron chi connectivity index (χ0n) is 10.4. The van der Waals surface area contributed by atoms with Gasteiger partial charge in [-0.15, -0.1) is 0 Å². The normalized spacial score (nSPS) is 17.9. The number of rotatable bonds is 4. The molecule has 1 aromatic rings. The van der Waals surface area contributed by atoms with Crippen molar-refractivity contribution in [3.05, 3.63) is 16.0 Å². The molecule has 100 valence electrons. The maximum Gasteiger partial charge on any atom is 0.148 e. The van der Waals surface area contributed by atoms with E-state index >= 15 is 0 Å². The van der Waals surface area contributed by atoms with E-state index < -0.39 is 0 Å². The maximum absolute atomic E-state index is 5.90. The van der Waals surface area contributed by atoms with Crippen molar-refractivity contribution in [2.24, 2.45) is 0 Å². The summed E-state index contributed by atoms with van der Waals surface area (Å²) in [6, 6.07) is 0. The number of piperazine rings is 1. The minimum absolute atomic E-state index is 0.437. The lowest BCUT2D eigenvalue weighted by Crippen LogP contribution is -2.45. The monoisotopic (exact) mass is 333 g/mol. The topological polar surface area (TPSA) is 44.3 Å². The molecule has 0 saturated carbocycles. The third kappa shape index (κ3) is 3.78. The molecule has 1 aliphatic rings. The number of nitrogens with zero attached hydrogens (tertiary/aromatic N) is 4. The van der Waals surface area contributed by atoms with Crippen LogP contribution < -0.4 is 5.32 Å². The maximum atomic E-state index is 5.90. The standard InChI is InChI=1S/C11H17BrClN5/c1-17-4-6-18(7-5-17)3-2-14-11-9(12)10(13)15-8-16-11/h8H,2-7H2,1H3,(H,14,15,16). The van der Waals surface area contributed by atoms with Crippen molar-refractivity contribution >= 4 is 33.3 Å². The molecule has 1 fully saturated rings. The molecule has 1 aliphatic heterocycles. The molecule has 18 heavy (non-hydrogen) atoms. The van der Waals surface area contributed by atoms with E-state index in [4.69, 9.17) is 11.6 Å². The van der Waals surface area contributed by atoms with E-state index in [2.05, 4.69) is 48.1 Å². The van der Waals surface area contributed by atoms with Crippen LogP contribution >= 0.6 is 27.5 Å². The second kappa shape index (κ2) is 6.65. The average molecular weight is 335 g/mol. The lowest BCUT2D eigenvalue weighted by atomic mass is 10.3. The first-order valence-corrected chi connectivity index (χ1v) is 7.14. The summed E-state index contributed by atoms with van der Waals surface area (Å²) in [5.74, 6) is 0.754. The largest absolute Gasteiger partial charge is 0.368 e. The molecule has 1 aromatic heterocycles. The lowest BCUT2D eigenvalue weighted by molar-refractivity contribution is 0.158. The van der Waals surface area contributed by atoms with Gasteiger partial charge in [0.15, 0.2) is 0 Å². The second-order valence-corrected chi connectivity index (χ2v) is 5.55. The Morgan fingerprint density at radius 3 is 2.78 bits per heavy atom. The van der Waals surface area contributed by atoms with Crippen LogP contribution in [0.2, 0.25) is 5.15 Å². The minimum atomic E-state index is 0.437. The van der Waals surface area contributed by atoms with Crippen LogP contribution in [0.25, 0.3) is 0 Å².